The van der Waals surface area contributed by atoms with Gasteiger partial charge in [0.15, 0.2) is 5.78 Å². The first-order chi connectivity index (χ1) is 14.9. The lowest BCUT2D eigenvalue weighted by molar-refractivity contribution is -0.113. The number of hydrogen-bond donors (Lipinski definition) is 0. The summed E-state index contributed by atoms with van der Waals surface area (Å²) in [6, 6.07) is 0. The molecular weight excluding hydrogens is 402 g/mol. The van der Waals surface area contributed by atoms with Crippen LogP contribution in [0.3, 0.4) is 0 Å². The summed E-state index contributed by atoms with van der Waals surface area (Å²) >= 11 is 1.65. The first-order valence-electron chi connectivity index (χ1n) is 12.5. The third-order valence-corrected chi connectivity index (χ3v) is 9.29. The number of thioether (sulfide) groups is 1. The second-order valence-electron chi connectivity index (χ2n) is 9.79. The van der Waals surface area contributed by atoms with Crippen molar-refractivity contribution in [2.75, 3.05) is 19.7 Å². The normalized spacial score (nSPS) is 24.9. The molecule has 3 fully saturated rings. The zero-order valence-corrected chi connectivity index (χ0v) is 21.1. The Labute approximate surface area is 194 Å². The van der Waals surface area contributed by atoms with Crippen molar-refractivity contribution in [1.82, 2.24) is 4.90 Å². The van der Waals surface area contributed by atoms with Crippen LogP contribution in [0.2, 0.25) is 0 Å². The van der Waals surface area contributed by atoms with E-state index in [0.717, 1.165) is 55.1 Å². The van der Waals surface area contributed by atoms with Crippen LogP contribution >= 0.6 is 11.8 Å². The molecule has 2 heterocycles. The van der Waals surface area contributed by atoms with Gasteiger partial charge in [-0.25, -0.2) is 0 Å². The minimum absolute atomic E-state index is 0.0307. The average Bonchev–Trinajstić information content (AvgIpc) is 3.39. The van der Waals surface area contributed by atoms with Crippen LogP contribution in [-0.2, 0) is 9.53 Å². The van der Waals surface area contributed by atoms with E-state index >= 15 is 0 Å². The summed E-state index contributed by atoms with van der Waals surface area (Å²) in [4.78, 5) is 16.2. The molecule has 0 aromatic rings. The number of ketones is 1. The van der Waals surface area contributed by atoms with E-state index in [1.54, 1.807) is 18.7 Å². The molecule has 0 N–H and O–H groups in total. The van der Waals surface area contributed by atoms with Crippen molar-refractivity contribution < 1.29 is 9.53 Å². The fourth-order valence-corrected chi connectivity index (χ4v) is 7.43. The highest BCUT2D eigenvalue weighted by molar-refractivity contribution is 8.07. The Morgan fingerprint density at radius 2 is 1.81 bits per heavy atom. The zero-order valence-electron chi connectivity index (χ0n) is 20.3. The molecule has 0 aromatic heterocycles. The number of allylic oxidation sites excluding steroid dienone is 2. The van der Waals surface area contributed by atoms with E-state index in [0.29, 0.717) is 24.4 Å². The molecule has 1 spiro atoms. The molecule has 3 aliphatic rings. The molecular formula is C27H43NO2S. The fourth-order valence-electron chi connectivity index (χ4n) is 6.28. The van der Waals surface area contributed by atoms with Crippen molar-refractivity contribution >= 4 is 17.5 Å². The van der Waals surface area contributed by atoms with Gasteiger partial charge in [0.2, 0.25) is 0 Å². The fraction of sp³-hybridized carbons (Fsp3) is 0.741. The number of ether oxygens (including phenoxy) is 1. The van der Waals surface area contributed by atoms with Crippen LogP contribution in [0.15, 0.2) is 34.2 Å². The lowest BCUT2D eigenvalue weighted by Crippen LogP contribution is -2.47. The molecule has 2 saturated heterocycles. The largest absolute Gasteiger partial charge is 0.370 e. The van der Waals surface area contributed by atoms with Crippen LogP contribution in [0, 0.1) is 17.8 Å². The van der Waals surface area contributed by atoms with Crippen LogP contribution in [0.25, 0.3) is 0 Å². The molecule has 3 nitrogen and oxygen atoms in total. The van der Waals surface area contributed by atoms with Crippen molar-refractivity contribution in [2.45, 2.75) is 91.1 Å². The Bertz CT molecular complexity index is 703. The van der Waals surface area contributed by atoms with Crippen molar-refractivity contribution in [3.63, 3.8) is 0 Å². The van der Waals surface area contributed by atoms with Crippen molar-refractivity contribution in [3.05, 3.63) is 34.2 Å². The zero-order chi connectivity index (χ0) is 22.6. The standard InChI is InChI=1S/C27H43NO2S/c1-7-22(8-2)25(23-12-10-11-13-23)26(20(5)29)31-21(6)28-16-14-27(15-17-28)24(9-3)19(4)18-30-27/h22-24H,4,6-18H2,1-3,5H3/b26-25-. The maximum atomic E-state index is 12.9. The quantitative estimate of drug-likeness (QED) is 0.279. The molecule has 4 heteroatoms. The van der Waals surface area contributed by atoms with Gasteiger partial charge in [0, 0.05) is 19.0 Å². The topological polar surface area (TPSA) is 29.5 Å². The molecule has 2 aliphatic heterocycles. The SMILES string of the molecule is C=C1COC2(CCN(C(=C)S/C(C(C)=O)=C(/C(CC)CC)C3CCCC3)CC2)C1CC. The number of piperidine rings is 1. The molecule has 1 aliphatic carbocycles. The molecule has 0 bridgehead atoms. The summed E-state index contributed by atoms with van der Waals surface area (Å²) in [5.41, 5.74) is 2.67. The van der Waals surface area contributed by atoms with Gasteiger partial charge < -0.3 is 9.64 Å². The second-order valence-corrected chi connectivity index (χ2v) is 10.9. The molecule has 0 aromatic carbocycles. The first-order valence-corrected chi connectivity index (χ1v) is 13.4. The van der Waals surface area contributed by atoms with Crippen LogP contribution in [0.1, 0.15) is 85.5 Å². The van der Waals surface area contributed by atoms with Gasteiger partial charge in [-0.2, -0.15) is 0 Å². The highest BCUT2D eigenvalue weighted by Crippen LogP contribution is 2.47. The highest BCUT2D eigenvalue weighted by Gasteiger charge is 2.47. The predicted octanol–water partition coefficient (Wildman–Crippen LogP) is 7.11. The van der Waals surface area contributed by atoms with E-state index in [1.165, 1.54) is 36.8 Å². The van der Waals surface area contributed by atoms with Crippen LogP contribution < -0.4 is 0 Å². The lowest BCUT2D eigenvalue weighted by atomic mass is 9.77. The summed E-state index contributed by atoms with van der Waals surface area (Å²) < 4.78 is 6.28. The Hall–Kier alpha value is -1.00. The summed E-state index contributed by atoms with van der Waals surface area (Å²) in [7, 11) is 0. The summed E-state index contributed by atoms with van der Waals surface area (Å²) in [5, 5.41) is 1.03. The molecule has 0 radical (unpaired) electrons. The minimum Gasteiger partial charge on any atom is -0.370 e. The Morgan fingerprint density at radius 1 is 1.19 bits per heavy atom. The third kappa shape index (κ3) is 5.16. The van der Waals surface area contributed by atoms with Gasteiger partial charge in [-0.05, 0) is 74.9 Å². The average molecular weight is 446 g/mol. The molecule has 0 amide bonds. The van der Waals surface area contributed by atoms with E-state index in [2.05, 4.69) is 38.8 Å². The van der Waals surface area contributed by atoms with E-state index in [4.69, 9.17) is 4.74 Å². The van der Waals surface area contributed by atoms with Crippen molar-refractivity contribution in [1.29, 1.82) is 0 Å². The van der Waals surface area contributed by atoms with E-state index in [-0.39, 0.29) is 11.4 Å². The highest BCUT2D eigenvalue weighted by atomic mass is 32.2. The van der Waals surface area contributed by atoms with Gasteiger partial charge in [-0.3, -0.25) is 4.79 Å². The van der Waals surface area contributed by atoms with Crippen molar-refractivity contribution in [3.8, 4) is 0 Å². The van der Waals surface area contributed by atoms with Gasteiger partial charge in [0.05, 0.1) is 22.1 Å². The molecule has 31 heavy (non-hydrogen) atoms. The van der Waals surface area contributed by atoms with Crippen LogP contribution in [0.4, 0.5) is 0 Å². The summed E-state index contributed by atoms with van der Waals surface area (Å²) in [6.45, 7) is 19.8. The molecule has 1 saturated carbocycles. The summed E-state index contributed by atoms with van der Waals surface area (Å²) in [5.74, 6) is 1.79. The lowest BCUT2D eigenvalue weighted by Gasteiger charge is -2.43. The van der Waals surface area contributed by atoms with Gasteiger partial charge in [-0.15, -0.1) is 0 Å². The van der Waals surface area contributed by atoms with Crippen molar-refractivity contribution in [2.24, 2.45) is 17.8 Å². The van der Waals surface area contributed by atoms with Crippen LogP contribution in [-0.4, -0.2) is 36.0 Å². The Balaban J connectivity index is 1.75. The number of Topliss-reactive ketones (excluding diaryl/α,β-unsaturated/α-hetero) is 1. The number of rotatable bonds is 9. The molecule has 1 atom stereocenters. The number of likely N-dealkylation sites (tertiary alicyclic amines) is 1. The maximum absolute atomic E-state index is 12.9. The number of carbonyl (C=O) groups is 1. The van der Waals surface area contributed by atoms with Gasteiger partial charge in [-0.1, -0.05) is 58.5 Å². The first kappa shape index (κ1) is 24.6. The van der Waals surface area contributed by atoms with E-state index in [1.807, 2.05) is 0 Å². The van der Waals surface area contributed by atoms with E-state index in [9.17, 15) is 4.79 Å². The van der Waals surface area contributed by atoms with Gasteiger partial charge in [0.25, 0.3) is 0 Å². The van der Waals surface area contributed by atoms with Gasteiger partial charge >= 0.3 is 0 Å². The van der Waals surface area contributed by atoms with Gasteiger partial charge in [0.1, 0.15) is 0 Å². The molecule has 1 unspecified atom stereocenters. The smallest absolute Gasteiger partial charge is 0.166 e. The number of hydrogen-bond acceptors (Lipinski definition) is 4. The number of carbonyl (C=O) groups excluding carboxylic acids is 1. The minimum atomic E-state index is -0.0307. The molecule has 174 valence electrons. The van der Waals surface area contributed by atoms with E-state index < -0.39 is 0 Å². The summed E-state index contributed by atoms with van der Waals surface area (Å²) in [6.07, 6.45) is 10.4. The Morgan fingerprint density at radius 3 is 2.32 bits per heavy atom. The molecule has 3 rings (SSSR count). The number of nitrogens with zero attached hydrogens (tertiary/aromatic N) is 1. The predicted molar refractivity (Wildman–Crippen MR) is 133 cm³/mol. The second kappa shape index (κ2) is 10.7. The maximum Gasteiger partial charge on any atom is 0.166 e. The monoisotopic (exact) mass is 445 g/mol. The Kier molecular flexibility index (Phi) is 8.54. The van der Waals surface area contributed by atoms with Crippen LogP contribution in [0.5, 0.6) is 0 Å². The third-order valence-electron chi connectivity index (χ3n) is 8.07.